The highest BCUT2D eigenvalue weighted by atomic mass is 79.9. The quantitative estimate of drug-likeness (QED) is 0.802. The van der Waals surface area contributed by atoms with Gasteiger partial charge >= 0.3 is 0 Å². The molecule has 0 saturated carbocycles. The molecule has 2 heterocycles. The molecule has 0 saturated heterocycles. The molecular weight excluding hydrogens is 346 g/mol. The molecule has 0 spiro atoms. The number of aryl methyl sites for hydroxylation is 1. The maximum atomic E-state index is 11.7. The number of hydrogen-bond acceptors (Lipinski definition) is 3. The highest BCUT2D eigenvalue weighted by molar-refractivity contribution is 9.10. The van der Waals surface area contributed by atoms with Gasteiger partial charge in [0.25, 0.3) is 0 Å². The third-order valence-electron chi connectivity index (χ3n) is 2.82. The lowest BCUT2D eigenvalue weighted by Gasteiger charge is -2.07. The fourth-order valence-electron chi connectivity index (χ4n) is 1.70. The van der Waals surface area contributed by atoms with Crippen molar-refractivity contribution in [1.82, 2.24) is 24.9 Å². The van der Waals surface area contributed by atoms with Crippen molar-refractivity contribution < 1.29 is 4.79 Å². The van der Waals surface area contributed by atoms with E-state index in [1.165, 1.54) is 0 Å². The second-order valence-electron chi connectivity index (χ2n) is 4.36. The van der Waals surface area contributed by atoms with E-state index < -0.39 is 0 Å². The Hall–Kier alpha value is -1.34. The lowest BCUT2D eigenvalue weighted by atomic mass is 10.4. The summed E-state index contributed by atoms with van der Waals surface area (Å²) in [5.41, 5.74) is 0.795. The molecule has 0 aromatic carbocycles. The van der Waals surface area contributed by atoms with Crippen LogP contribution in [-0.2, 0) is 17.9 Å². The van der Waals surface area contributed by atoms with Crippen LogP contribution in [0.4, 0.5) is 0 Å². The van der Waals surface area contributed by atoms with Crippen molar-refractivity contribution in [3.63, 3.8) is 0 Å². The molecule has 2 rings (SSSR count). The molecule has 1 N–H and O–H groups in total. The van der Waals surface area contributed by atoms with Crippen molar-refractivity contribution in [2.75, 3.05) is 6.54 Å². The molecule has 6 nitrogen and oxygen atoms in total. The van der Waals surface area contributed by atoms with Gasteiger partial charge in [-0.15, -0.1) is 0 Å². The Morgan fingerprint density at radius 1 is 1.45 bits per heavy atom. The fourth-order valence-corrected chi connectivity index (χ4v) is 2.17. The minimum absolute atomic E-state index is 0.0745. The van der Waals surface area contributed by atoms with E-state index in [0.717, 1.165) is 23.1 Å². The Morgan fingerprint density at radius 3 is 2.85 bits per heavy atom. The molecule has 0 aliphatic rings. The predicted molar refractivity (Wildman–Crippen MR) is 79.5 cm³/mol. The van der Waals surface area contributed by atoms with Gasteiger partial charge in [0.15, 0.2) is 0 Å². The van der Waals surface area contributed by atoms with Crippen LogP contribution in [0.2, 0.25) is 5.02 Å². The SMILES string of the molecule is Cc1c(Cl)cnn1CC(=O)NCCCn1cc(Br)cn1. The Morgan fingerprint density at radius 2 is 2.25 bits per heavy atom. The maximum Gasteiger partial charge on any atom is 0.241 e. The Balaban J connectivity index is 1.69. The third-order valence-corrected chi connectivity index (χ3v) is 3.61. The summed E-state index contributed by atoms with van der Waals surface area (Å²) in [6, 6.07) is 0. The molecule has 108 valence electrons. The number of carbonyl (C=O) groups is 1. The third kappa shape index (κ3) is 4.08. The van der Waals surface area contributed by atoms with Gasteiger partial charge in [-0.3, -0.25) is 14.2 Å². The van der Waals surface area contributed by atoms with Gasteiger partial charge in [0.1, 0.15) is 6.54 Å². The minimum Gasteiger partial charge on any atom is -0.354 e. The highest BCUT2D eigenvalue weighted by Crippen LogP contribution is 2.12. The molecule has 20 heavy (non-hydrogen) atoms. The average Bonchev–Trinajstić information content (AvgIpc) is 2.96. The minimum atomic E-state index is -0.0745. The summed E-state index contributed by atoms with van der Waals surface area (Å²) in [7, 11) is 0. The standard InChI is InChI=1S/C12H15BrClN5O/c1-9-11(14)6-17-19(9)8-12(20)15-3-2-4-18-7-10(13)5-16-18/h5-7H,2-4,8H2,1H3,(H,15,20). The monoisotopic (exact) mass is 359 g/mol. The summed E-state index contributed by atoms with van der Waals surface area (Å²) in [6.07, 6.45) is 6.00. The van der Waals surface area contributed by atoms with E-state index in [9.17, 15) is 4.79 Å². The molecule has 1 amide bonds. The van der Waals surface area contributed by atoms with Crippen LogP contribution in [-0.4, -0.2) is 32.0 Å². The largest absolute Gasteiger partial charge is 0.354 e. The van der Waals surface area contributed by atoms with Gasteiger partial charge in [-0.1, -0.05) is 11.6 Å². The van der Waals surface area contributed by atoms with Crippen LogP contribution in [0, 0.1) is 6.92 Å². The van der Waals surface area contributed by atoms with Gasteiger partial charge in [0, 0.05) is 19.3 Å². The van der Waals surface area contributed by atoms with Gasteiger partial charge in [0.2, 0.25) is 5.91 Å². The van der Waals surface area contributed by atoms with E-state index in [2.05, 4.69) is 31.4 Å². The molecular formula is C12H15BrClN5O. The first kappa shape index (κ1) is 15.1. The number of amides is 1. The zero-order chi connectivity index (χ0) is 14.5. The molecule has 0 aliphatic heterocycles. The Kier molecular flexibility index (Phi) is 5.19. The van der Waals surface area contributed by atoms with E-state index >= 15 is 0 Å². The average molecular weight is 361 g/mol. The van der Waals surface area contributed by atoms with Crippen LogP contribution in [0.5, 0.6) is 0 Å². The second kappa shape index (κ2) is 6.90. The van der Waals surface area contributed by atoms with Crippen LogP contribution in [0.1, 0.15) is 12.1 Å². The first-order valence-corrected chi connectivity index (χ1v) is 7.36. The molecule has 0 atom stereocenters. The van der Waals surface area contributed by atoms with Crippen LogP contribution in [0.15, 0.2) is 23.1 Å². The van der Waals surface area contributed by atoms with Gasteiger partial charge < -0.3 is 5.32 Å². The van der Waals surface area contributed by atoms with Crippen molar-refractivity contribution in [2.45, 2.75) is 26.4 Å². The van der Waals surface area contributed by atoms with Gasteiger partial charge in [0.05, 0.1) is 27.6 Å². The van der Waals surface area contributed by atoms with E-state index in [0.29, 0.717) is 11.6 Å². The lowest BCUT2D eigenvalue weighted by molar-refractivity contribution is -0.121. The fraction of sp³-hybridized carbons (Fsp3) is 0.417. The number of aromatic nitrogens is 4. The number of nitrogens with zero attached hydrogens (tertiary/aromatic N) is 4. The van der Waals surface area contributed by atoms with Crippen molar-refractivity contribution >= 4 is 33.4 Å². The van der Waals surface area contributed by atoms with Crippen LogP contribution in [0.25, 0.3) is 0 Å². The zero-order valence-electron chi connectivity index (χ0n) is 11.0. The lowest BCUT2D eigenvalue weighted by Crippen LogP contribution is -2.29. The molecule has 0 unspecified atom stereocenters. The number of rotatable bonds is 6. The zero-order valence-corrected chi connectivity index (χ0v) is 13.4. The molecule has 8 heteroatoms. The number of hydrogen-bond donors (Lipinski definition) is 1. The number of nitrogens with one attached hydrogen (secondary N) is 1. The molecule has 0 fully saturated rings. The van der Waals surface area contributed by atoms with E-state index in [1.54, 1.807) is 17.1 Å². The molecule has 2 aromatic heterocycles. The summed E-state index contributed by atoms with van der Waals surface area (Å²) in [5.74, 6) is -0.0745. The van der Waals surface area contributed by atoms with Gasteiger partial charge in [-0.25, -0.2) is 0 Å². The van der Waals surface area contributed by atoms with E-state index in [1.807, 2.05) is 17.8 Å². The van der Waals surface area contributed by atoms with Crippen LogP contribution < -0.4 is 5.32 Å². The first-order valence-electron chi connectivity index (χ1n) is 6.19. The summed E-state index contributed by atoms with van der Waals surface area (Å²) >= 11 is 9.22. The summed E-state index contributed by atoms with van der Waals surface area (Å²) in [5, 5.41) is 11.6. The van der Waals surface area contributed by atoms with Crippen molar-refractivity contribution in [1.29, 1.82) is 0 Å². The van der Waals surface area contributed by atoms with Gasteiger partial charge in [-0.05, 0) is 29.3 Å². The summed E-state index contributed by atoms with van der Waals surface area (Å²) in [6.45, 7) is 3.38. The second-order valence-corrected chi connectivity index (χ2v) is 5.68. The maximum absolute atomic E-state index is 11.7. The molecule has 0 aliphatic carbocycles. The van der Waals surface area contributed by atoms with Gasteiger partial charge in [-0.2, -0.15) is 10.2 Å². The van der Waals surface area contributed by atoms with E-state index in [-0.39, 0.29) is 12.5 Å². The first-order chi connectivity index (χ1) is 9.56. The molecule has 0 radical (unpaired) electrons. The molecule has 0 bridgehead atoms. The van der Waals surface area contributed by atoms with Crippen molar-refractivity contribution in [3.8, 4) is 0 Å². The predicted octanol–water partition coefficient (Wildman–Crippen LogP) is 2.01. The van der Waals surface area contributed by atoms with Crippen molar-refractivity contribution in [3.05, 3.63) is 33.8 Å². The van der Waals surface area contributed by atoms with Crippen LogP contribution in [0.3, 0.4) is 0 Å². The normalized spacial score (nSPS) is 10.8. The Labute approximate surface area is 130 Å². The number of halogens is 2. The summed E-state index contributed by atoms with van der Waals surface area (Å²) < 4.78 is 4.36. The van der Waals surface area contributed by atoms with E-state index in [4.69, 9.17) is 11.6 Å². The summed E-state index contributed by atoms with van der Waals surface area (Å²) in [4.78, 5) is 11.7. The Bertz CT molecular complexity index is 594. The molecule has 2 aromatic rings. The smallest absolute Gasteiger partial charge is 0.241 e. The topological polar surface area (TPSA) is 64.7 Å². The number of carbonyl (C=O) groups excluding carboxylic acids is 1. The van der Waals surface area contributed by atoms with Crippen LogP contribution >= 0.6 is 27.5 Å². The highest BCUT2D eigenvalue weighted by Gasteiger charge is 2.08. The van der Waals surface area contributed by atoms with Crippen molar-refractivity contribution in [2.24, 2.45) is 0 Å².